The quantitative estimate of drug-likeness (QED) is 0.923. The van der Waals surface area contributed by atoms with Gasteiger partial charge >= 0.3 is 0 Å². The Kier molecular flexibility index (Phi) is 3.13. The van der Waals surface area contributed by atoms with Crippen LogP contribution in [0.3, 0.4) is 0 Å². The molecule has 0 aliphatic heterocycles. The lowest BCUT2D eigenvalue weighted by Crippen LogP contribution is -1.95. The van der Waals surface area contributed by atoms with Gasteiger partial charge < -0.3 is 10.2 Å². The Bertz CT molecular complexity index is 438. The number of nitrogens with two attached hydrogens (primary N) is 1. The molecule has 0 spiro atoms. The molecule has 78 valence electrons. The van der Waals surface area contributed by atoms with Gasteiger partial charge in [0, 0.05) is 4.47 Å². The van der Waals surface area contributed by atoms with Crippen LogP contribution in [0.1, 0.15) is 17.3 Å². The summed E-state index contributed by atoms with van der Waals surface area (Å²) < 4.78 is 6.36. The zero-order valence-electron chi connectivity index (χ0n) is 7.98. The van der Waals surface area contributed by atoms with Gasteiger partial charge in [-0.25, -0.2) is 0 Å². The average molecular weight is 268 g/mol. The molecule has 15 heavy (non-hydrogen) atoms. The molecule has 1 aromatic heterocycles. The number of nitrogens with zero attached hydrogens (tertiary/aromatic N) is 2. The second-order valence-electron chi connectivity index (χ2n) is 3.10. The van der Waals surface area contributed by atoms with Crippen LogP contribution < -0.4 is 5.73 Å². The van der Waals surface area contributed by atoms with E-state index in [4.69, 9.17) is 10.2 Å². The van der Waals surface area contributed by atoms with Gasteiger partial charge in [-0.2, -0.15) is 0 Å². The van der Waals surface area contributed by atoms with Crippen LogP contribution in [0.25, 0.3) is 0 Å². The Morgan fingerprint density at radius 3 is 2.40 bits per heavy atom. The summed E-state index contributed by atoms with van der Waals surface area (Å²) in [6, 6.07) is 7.98. The van der Waals surface area contributed by atoms with E-state index >= 15 is 0 Å². The summed E-state index contributed by atoms with van der Waals surface area (Å²) in [7, 11) is 0. The van der Waals surface area contributed by atoms with Crippen molar-refractivity contribution < 1.29 is 4.42 Å². The first-order valence-corrected chi connectivity index (χ1v) is 5.33. The molecule has 0 amide bonds. The molecule has 2 rings (SSSR count). The molecule has 0 aliphatic carbocycles. The van der Waals surface area contributed by atoms with Gasteiger partial charge in [0.1, 0.15) is 0 Å². The number of halogens is 1. The summed E-state index contributed by atoms with van der Waals surface area (Å²) in [6.45, 7) is 0.285. The normalized spacial score (nSPS) is 10.5. The lowest BCUT2D eigenvalue weighted by atomic mass is 10.1. The first-order valence-electron chi connectivity index (χ1n) is 4.53. The fourth-order valence-corrected chi connectivity index (χ4v) is 1.48. The summed E-state index contributed by atoms with van der Waals surface area (Å²) in [5.41, 5.74) is 6.50. The first kappa shape index (κ1) is 10.3. The largest absolute Gasteiger partial charge is 0.424 e. The lowest BCUT2D eigenvalue weighted by molar-refractivity contribution is 0.459. The highest BCUT2D eigenvalue weighted by Gasteiger charge is 2.04. The second kappa shape index (κ2) is 4.55. The van der Waals surface area contributed by atoms with Crippen LogP contribution in [0.4, 0.5) is 0 Å². The van der Waals surface area contributed by atoms with Crippen molar-refractivity contribution in [3.05, 3.63) is 46.1 Å². The molecular weight excluding hydrogens is 258 g/mol. The van der Waals surface area contributed by atoms with E-state index in [1.807, 2.05) is 24.3 Å². The number of aromatic nitrogens is 2. The van der Waals surface area contributed by atoms with Crippen molar-refractivity contribution in [1.29, 1.82) is 0 Å². The van der Waals surface area contributed by atoms with Gasteiger partial charge in [-0.1, -0.05) is 28.1 Å². The number of hydrogen-bond acceptors (Lipinski definition) is 4. The van der Waals surface area contributed by atoms with E-state index in [9.17, 15) is 0 Å². The van der Waals surface area contributed by atoms with Crippen LogP contribution in [-0.4, -0.2) is 10.2 Å². The Balaban J connectivity index is 2.11. The Hall–Kier alpha value is -1.20. The lowest BCUT2D eigenvalue weighted by Gasteiger charge is -1.96. The van der Waals surface area contributed by atoms with Crippen LogP contribution in [0.5, 0.6) is 0 Å². The summed E-state index contributed by atoms with van der Waals surface area (Å²) in [6.07, 6.45) is 0.639. The summed E-state index contributed by atoms with van der Waals surface area (Å²) in [5, 5.41) is 7.69. The third-order valence-corrected chi connectivity index (χ3v) is 2.48. The molecule has 0 aliphatic rings. The second-order valence-corrected chi connectivity index (χ2v) is 4.01. The molecule has 0 atom stereocenters. The average Bonchev–Trinajstić information content (AvgIpc) is 2.69. The minimum atomic E-state index is 0.285. The van der Waals surface area contributed by atoms with Gasteiger partial charge in [0.15, 0.2) is 0 Å². The molecule has 1 heterocycles. The zero-order valence-corrected chi connectivity index (χ0v) is 9.57. The standard InChI is InChI=1S/C10H10BrN3O/c11-8-3-1-7(2-4-8)5-9-13-14-10(6-12)15-9/h1-4H,5-6,12H2. The molecule has 0 fully saturated rings. The van der Waals surface area contributed by atoms with Crippen molar-refractivity contribution in [3.63, 3.8) is 0 Å². The fourth-order valence-electron chi connectivity index (χ4n) is 1.22. The van der Waals surface area contributed by atoms with E-state index in [0.717, 1.165) is 10.0 Å². The molecule has 0 bridgehead atoms. The van der Waals surface area contributed by atoms with E-state index in [1.165, 1.54) is 0 Å². The smallest absolute Gasteiger partial charge is 0.230 e. The SMILES string of the molecule is NCc1nnc(Cc2ccc(Br)cc2)o1. The maximum Gasteiger partial charge on any atom is 0.230 e. The third kappa shape index (κ3) is 2.64. The molecule has 0 radical (unpaired) electrons. The van der Waals surface area contributed by atoms with E-state index in [0.29, 0.717) is 18.2 Å². The number of benzene rings is 1. The summed E-state index contributed by atoms with van der Waals surface area (Å²) in [4.78, 5) is 0. The van der Waals surface area contributed by atoms with Gasteiger partial charge in [0.05, 0.1) is 13.0 Å². The molecule has 2 N–H and O–H groups in total. The van der Waals surface area contributed by atoms with E-state index in [-0.39, 0.29) is 6.54 Å². The Morgan fingerprint density at radius 2 is 1.80 bits per heavy atom. The van der Waals surface area contributed by atoms with Gasteiger partial charge in [-0.05, 0) is 17.7 Å². The number of hydrogen-bond donors (Lipinski definition) is 1. The monoisotopic (exact) mass is 267 g/mol. The molecule has 0 saturated carbocycles. The predicted octanol–water partition coefficient (Wildman–Crippen LogP) is 1.88. The van der Waals surface area contributed by atoms with Gasteiger partial charge in [0.2, 0.25) is 11.8 Å². The van der Waals surface area contributed by atoms with Crippen LogP contribution >= 0.6 is 15.9 Å². The minimum absolute atomic E-state index is 0.285. The molecule has 4 nitrogen and oxygen atoms in total. The third-order valence-electron chi connectivity index (χ3n) is 1.95. The maximum atomic E-state index is 5.37. The van der Waals surface area contributed by atoms with Crippen LogP contribution in [0.15, 0.2) is 33.2 Å². The van der Waals surface area contributed by atoms with Crippen molar-refractivity contribution in [2.24, 2.45) is 5.73 Å². The predicted molar refractivity (Wildman–Crippen MR) is 59.1 cm³/mol. The fraction of sp³-hybridized carbons (Fsp3) is 0.200. The maximum absolute atomic E-state index is 5.37. The van der Waals surface area contributed by atoms with Crippen molar-refractivity contribution in [2.45, 2.75) is 13.0 Å². The van der Waals surface area contributed by atoms with Gasteiger partial charge in [-0.3, -0.25) is 0 Å². The first-order chi connectivity index (χ1) is 7.28. The van der Waals surface area contributed by atoms with Crippen LogP contribution in [-0.2, 0) is 13.0 Å². The summed E-state index contributed by atoms with van der Waals surface area (Å²) in [5.74, 6) is 1.07. The van der Waals surface area contributed by atoms with Crippen molar-refractivity contribution >= 4 is 15.9 Å². The molecule has 0 saturated heterocycles. The molecular formula is C10H10BrN3O. The van der Waals surface area contributed by atoms with Gasteiger partial charge in [-0.15, -0.1) is 10.2 Å². The minimum Gasteiger partial charge on any atom is -0.424 e. The topological polar surface area (TPSA) is 64.9 Å². The molecule has 5 heteroatoms. The molecule has 1 aromatic carbocycles. The highest BCUT2D eigenvalue weighted by atomic mass is 79.9. The summed E-state index contributed by atoms with van der Waals surface area (Å²) >= 11 is 3.38. The Morgan fingerprint density at radius 1 is 1.13 bits per heavy atom. The van der Waals surface area contributed by atoms with Crippen molar-refractivity contribution in [2.75, 3.05) is 0 Å². The molecule has 2 aromatic rings. The van der Waals surface area contributed by atoms with E-state index < -0.39 is 0 Å². The van der Waals surface area contributed by atoms with Crippen molar-refractivity contribution in [3.8, 4) is 0 Å². The Labute approximate surface area is 95.6 Å². The highest BCUT2D eigenvalue weighted by Crippen LogP contribution is 2.13. The molecule has 0 unspecified atom stereocenters. The van der Waals surface area contributed by atoms with Crippen LogP contribution in [0.2, 0.25) is 0 Å². The number of rotatable bonds is 3. The van der Waals surface area contributed by atoms with E-state index in [2.05, 4.69) is 26.1 Å². The highest BCUT2D eigenvalue weighted by molar-refractivity contribution is 9.10. The van der Waals surface area contributed by atoms with Gasteiger partial charge in [0.25, 0.3) is 0 Å². The van der Waals surface area contributed by atoms with Crippen molar-refractivity contribution in [1.82, 2.24) is 10.2 Å². The van der Waals surface area contributed by atoms with E-state index in [1.54, 1.807) is 0 Å². The zero-order chi connectivity index (χ0) is 10.7. The van der Waals surface area contributed by atoms with Crippen LogP contribution in [0, 0.1) is 0 Å².